The van der Waals surface area contributed by atoms with Crippen LogP contribution in [0.2, 0.25) is 0 Å². The van der Waals surface area contributed by atoms with E-state index in [1.54, 1.807) is 0 Å². The summed E-state index contributed by atoms with van der Waals surface area (Å²) in [7, 11) is 4.10. The minimum absolute atomic E-state index is 0. The first-order valence-electron chi connectivity index (χ1n) is 4.23. The maximum atomic E-state index is 9.53. The van der Waals surface area contributed by atoms with Crippen LogP contribution in [0.25, 0.3) is 0 Å². The Balaban J connectivity index is 0. The molecule has 1 heterocycles. The van der Waals surface area contributed by atoms with Crippen LogP contribution in [0.15, 0.2) is 0 Å². The smallest absolute Gasteiger partial charge is 0.0705 e. The fraction of sp³-hybridized carbons (Fsp3) is 1.00. The molecule has 0 spiro atoms. The second-order valence-corrected chi connectivity index (χ2v) is 3.58. The third-order valence-corrected chi connectivity index (χ3v) is 2.19. The number of rotatable bonds is 2. The Labute approximate surface area is 92.7 Å². The third-order valence-electron chi connectivity index (χ3n) is 2.19. The van der Waals surface area contributed by atoms with Crippen molar-refractivity contribution in [2.24, 2.45) is 5.92 Å². The van der Waals surface area contributed by atoms with Crippen LogP contribution in [0, 0.1) is 5.92 Å². The molecule has 1 rings (SSSR count). The second-order valence-electron chi connectivity index (χ2n) is 3.58. The second kappa shape index (κ2) is 7.83. The fourth-order valence-electron chi connectivity index (χ4n) is 1.58. The van der Waals surface area contributed by atoms with Crippen molar-refractivity contribution in [1.82, 2.24) is 10.2 Å². The predicted octanol–water partition coefficient (Wildman–Crippen LogP) is 0.362. The first-order valence-corrected chi connectivity index (χ1v) is 4.23. The van der Waals surface area contributed by atoms with E-state index in [9.17, 15) is 5.11 Å². The van der Waals surface area contributed by atoms with Gasteiger partial charge in [0.1, 0.15) is 0 Å². The van der Waals surface area contributed by atoms with Crippen molar-refractivity contribution >= 4 is 24.8 Å². The van der Waals surface area contributed by atoms with Gasteiger partial charge in [0.05, 0.1) is 6.10 Å². The molecule has 3 nitrogen and oxygen atoms in total. The lowest BCUT2D eigenvalue weighted by Crippen LogP contribution is -2.44. The van der Waals surface area contributed by atoms with Crippen molar-refractivity contribution in [3.63, 3.8) is 0 Å². The quantitative estimate of drug-likeness (QED) is 0.720. The molecule has 1 aliphatic heterocycles. The summed E-state index contributed by atoms with van der Waals surface area (Å²) in [6.45, 7) is 2.82. The van der Waals surface area contributed by atoms with Gasteiger partial charge in [0.15, 0.2) is 0 Å². The minimum Gasteiger partial charge on any atom is -0.391 e. The lowest BCUT2D eigenvalue weighted by atomic mass is 9.95. The molecule has 0 amide bonds. The molecule has 0 radical (unpaired) electrons. The standard InChI is InChI=1S/C8H18N2O.2ClH/c1-10(2)6-7-3-4-9-5-8(7)11;;/h7-9,11H,3-6H2,1-2H3;2*1H/t7-,8+;;/m0../s1. The lowest BCUT2D eigenvalue weighted by Gasteiger charge is -2.30. The molecule has 5 heteroatoms. The number of halogens is 2. The largest absolute Gasteiger partial charge is 0.391 e. The molecule has 1 fully saturated rings. The molecule has 0 saturated carbocycles. The van der Waals surface area contributed by atoms with E-state index in [1.807, 2.05) is 0 Å². The summed E-state index contributed by atoms with van der Waals surface area (Å²) in [5.74, 6) is 0.464. The predicted molar refractivity (Wildman–Crippen MR) is 60.0 cm³/mol. The van der Waals surface area contributed by atoms with Crippen molar-refractivity contribution in [1.29, 1.82) is 0 Å². The van der Waals surface area contributed by atoms with Gasteiger partial charge in [0, 0.05) is 13.1 Å². The Bertz CT molecular complexity index is 125. The van der Waals surface area contributed by atoms with Crippen LogP contribution < -0.4 is 5.32 Å². The number of aliphatic hydroxyl groups is 1. The summed E-state index contributed by atoms with van der Waals surface area (Å²) in [4.78, 5) is 2.14. The van der Waals surface area contributed by atoms with Crippen molar-refractivity contribution in [3.8, 4) is 0 Å². The summed E-state index contributed by atoms with van der Waals surface area (Å²) in [6, 6.07) is 0. The monoisotopic (exact) mass is 230 g/mol. The van der Waals surface area contributed by atoms with Gasteiger partial charge in [0.2, 0.25) is 0 Å². The van der Waals surface area contributed by atoms with Gasteiger partial charge in [-0.05, 0) is 33.0 Å². The highest BCUT2D eigenvalue weighted by molar-refractivity contribution is 5.85. The molecule has 1 saturated heterocycles. The maximum Gasteiger partial charge on any atom is 0.0705 e. The maximum absolute atomic E-state index is 9.53. The SMILES string of the molecule is CN(C)C[C@@H]1CCNC[C@H]1O.Cl.Cl. The highest BCUT2D eigenvalue weighted by atomic mass is 35.5. The van der Waals surface area contributed by atoms with Crippen molar-refractivity contribution in [3.05, 3.63) is 0 Å². The molecule has 1 aliphatic rings. The summed E-state index contributed by atoms with van der Waals surface area (Å²) in [5.41, 5.74) is 0. The first kappa shape index (κ1) is 15.9. The number of nitrogens with zero attached hydrogens (tertiary/aromatic N) is 1. The molecule has 0 aliphatic carbocycles. The summed E-state index contributed by atoms with van der Waals surface area (Å²) >= 11 is 0. The van der Waals surface area contributed by atoms with Crippen LogP contribution in [0.3, 0.4) is 0 Å². The number of β-amino-alcohol motifs (C(OH)–C–C–N with tert-alkyl or cyclic N) is 1. The van der Waals surface area contributed by atoms with E-state index in [-0.39, 0.29) is 30.9 Å². The highest BCUT2D eigenvalue weighted by Gasteiger charge is 2.22. The molecule has 0 aromatic rings. The normalized spacial score (nSPS) is 27.7. The molecule has 2 atom stereocenters. The molecular formula is C8H20Cl2N2O. The molecule has 0 bridgehead atoms. The summed E-state index contributed by atoms with van der Waals surface area (Å²) < 4.78 is 0. The fourth-order valence-corrected chi connectivity index (χ4v) is 1.58. The summed E-state index contributed by atoms with van der Waals surface area (Å²) in [6.07, 6.45) is 0.949. The van der Waals surface area contributed by atoms with Crippen molar-refractivity contribution in [2.45, 2.75) is 12.5 Å². The number of hydrogen-bond acceptors (Lipinski definition) is 3. The van der Waals surface area contributed by atoms with Crippen LogP contribution in [-0.4, -0.2) is 49.8 Å². The Morgan fingerprint density at radius 1 is 1.38 bits per heavy atom. The van der Waals surface area contributed by atoms with E-state index in [2.05, 4.69) is 24.3 Å². The van der Waals surface area contributed by atoms with E-state index in [0.29, 0.717) is 5.92 Å². The van der Waals surface area contributed by atoms with Gasteiger partial charge >= 0.3 is 0 Å². The van der Waals surface area contributed by atoms with Crippen LogP contribution in [0.4, 0.5) is 0 Å². The van der Waals surface area contributed by atoms with Gasteiger partial charge in [-0.3, -0.25) is 0 Å². The Morgan fingerprint density at radius 2 is 2.00 bits per heavy atom. The lowest BCUT2D eigenvalue weighted by molar-refractivity contribution is 0.0666. The number of hydrogen-bond donors (Lipinski definition) is 2. The average Bonchev–Trinajstić information content (AvgIpc) is 1.93. The number of nitrogens with one attached hydrogen (secondary N) is 1. The average molecular weight is 231 g/mol. The number of piperidine rings is 1. The Morgan fingerprint density at radius 3 is 2.46 bits per heavy atom. The van der Waals surface area contributed by atoms with Gasteiger partial charge in [-0.2, -0.15) is 0 Å². The Hall–Kier alpha value is 0.460. The van der Waals surface area contributed by atoms with Crippen LogP contribution in [0.5, 0.6) is 0 Å². The molecule has 0 unspecified atom stereocenters. The van der Waals surface area contributed by atoms with Gasteiger partial charge in [-0.15, -0.1) is 24.8 Å². The van der Waals surface area contributed by atoms with E-state index < -0.39 is 0 Å². The van der Waals surface area contributed by atoms with E-state index in [4.69, 9.17) is 0 Å². The zero-order valence-corrected chi connectivity index (χ0v) is 9.83. The van der Waals surface area contributed by atoms with Crippen molar-refractivity contribution in [2.75, 3.05) is 33.7 Å². The molecule has 82 valence electrons. The van der Waals surface area contributed by atoms with Gasteiger partial charge in [-0.1, -0.05) is 0 Å². The van der Waals surface area contributed by atoms with Crippen LogP contribution in [-0.2, 0) is 0 Å². The first-order chi connectivity index (χ1) is 5.20. The molecule has 2 N–H and O–H groups in total. The molecular weight excluding hydrogens is 211 g/mol. The van der Waals surface area contributed by atoms with Crippen molar-refractivity contribution < 1.29 is 5.11 Å². The molecule has 13 heavy (non-hydrogen) atoms. The minimum atomic E-state index is -0.147. The Kier molecular flexibility index (Phi) is 9.58. The summed E-state index contributed by atoms with van der Waals surface area (Å²) in [5, 5.41) is 12.7. The van der Waals surface area contributed by atoms with Gasteiger partial charge in [-0.25, -0.2) is 0 Å². The highest BCUT2D eigenvalue weighted by Crippen LogP contribution is 2.12. The van der Waals surface area contributed by atoms with Gasteiger partial charge in [0.25, 0.3) is 0 Å². The topological polar surface area (TPSA) is 35.5 Å². The third kappa shape index (κ3) is 5.70. The van der Waals surface area contributed by atoms with Gasteiger partial charge < -0.3 is 15.3 Å². The zero-order chi connectivity index (χ0) is 8.27. The van der Waals surface area contributed by atoms with E-state index in [1.165, 1.54) is 0 Å². The van der Waals surface area contributed by atoms with E-state index >= 15 is 0 Å². The molecule has 0 aromatic carbocycles. The zero-order valence-electron chi connectivity index (χ0n) is 8.19. The van der Waals surface area contributed by atoms with Crippen LogP contribution >= 0.6 is 24.8 Å². The molecule has 0 aromatic heterocycles. The van der Waals surface area contributed by atoms with Crippen LogP contribution in [0.1, 0.15) is 6.42 Å². The number of aliphatic hydroxyl groups excluding tert-OH is 1. The van der Waals surface area contributed by atoms with E-state index in [0.717, 1.165) is 26.1 Å².